The summed E-state index contributed by atoms with van der Waals surface area (Å²) in [5.41, 5.74) is 0.815. The van der Waals surface area contributed by atoms with Crippen LogP contribution in [0.1, 0.15) is 24.7 Å². The molecule has 0 saturated heterocycles. The average Bonchev–Trinajstić information content (AvgIpc) is 3.22. The number of ether oxygens (including phenoxy) is 1. The number of aliphatic imine (C=N–C) groups is 1. The molecule has 0 radical (unpaired) electrons. The van der Waals surface area contributed by atoms with Crippen molar-refractivity contribution in [2.45, 2.75) is 31.4 Å². The zero-order valence-corrected chi connectivity index (χ0v) is 19.8. The molecule has 29 heavy (non-hydrogen) atoms. The second-order valence-corrected chi connectivity index (χ2v) is 7.85. The van der Waals surface area contributed by atoms with Crippen molar-refractivity contribution in [2.75, 3.05) is 26.7 Å². The van der Waals surface area contributed by atoms with E-state index in [-0.39, 0.29) is 28.9 Å². The Balaban J connectivity index is 0.00000420. The first-order chi connectivity index (χ1) is 13.5. The fraction of sp³-hybridized carbons (Fsp3) is 0.421. The van der Waals surface area contributed by atoms with Gasteiger partial charge >= 0.3 is 0 Å². The molecule has 2 rings (SSSR count). The molecule has 0 amide bonds. The molecule has 0 bridgehead atoms. The minimum atomic E-state index is -3.46. The van der Waals surface area contributed by atoms with Crippen molar-refractivity contribution in [3.05, 3.63) is 54.0 Å². The van der Waals surface area contributed by atoms with Gasteiger partial charge in [0.1, 0.15) is 12.4 Å². The Bertz CT molecular complexity index is 842. The van der Waals surface area contributed by atoms with Crippen molar-refractivity contribution >= 4 is 40.0 Å². The van der Waals surface area contributed by atoms with Gasteiger partial charge in [-0.1, -0.05) is 12.1 Å². The molecule has 0 fully saturated rings. The summed E-state index contributed by atoms with van der Waals surface area (Å²) in [7, 11) is -2.06. The predicted octanol–water partition coefficient (Wildman–Crippen LogP) is 2.47. The second-order valence-electron chi connectivity index (χ2n) is 5.96. The quantitative estimate of drug-likeness (QED) is 0.177. The van der Waals surface area contributed by atoms with Crippen molar-refractivity contribution in [3.8, 4) is 0 Å². The second kappa shape index (κ2) is 13.6. The van der Waals surface area contributed by atoms with E-state index in [0.717, 1.165) is 24.3 Å². The molecule has 8 nitrogen and oxygen atoms in total. The highest BCUT2D eigenvalue weighted by Crippen LogP contribution is 2.11. The van der Waals surface area contributed by atoms with Crippen LogP contribution in [0.5, 0.6) is 0 Å². The third-order valence-electron chi connectivity index (χ3n) is 3.82. The number of sulfonamides is 1. The number of halogens is 1. The number of rotatable bonds is 11. The average molecular weight is 536 g/mol. The summed E-state index contributed by atoms with van der Waals surface area (Å²) in [4.78, 5) is 4.75. The van der Waals surface area contributed by atoms with Crippen LogP contribution in [-0.4, -0.2) is 41.1 Å². The summed E-state index contributed by atoms with van der Waals surface area (Å²) < 4.78 is 36.9. The van der Waals surface area contributed by atoms with Crippen LogP contribution in [0.3, 0.4) is 0 Å². The summed E-state index contributed by atoms with van der Waals surface area (Å²) in [5, 5.41) is 6.42. The fourth-order valence-corrected chi connectivity index (χ4v) is 3.19. The minimum absolute atomic E-state index is 0. The zero-order valence-electron chi connectivity index (χ0n) is 16.7. The molecule has 0 unspecified atom stereocenters. The van der Waals surface area contributed by atoms with Crippen LogP contribution in [0.15, 0.2) is 57.0 Å². The van der Waals surface area contributed by atoms with E-state index in [1.54, 1.807) is 24.5 Å². The lowest BCUT2D eigenvalue weighted by molar-refractivity contribution is 0.105. The van der Waals surface area contributed by atoms with Crippen molar-refractivity contribution in [1.82, 2.24) is 15.4 Å². The van der Waals surface area contributed by atoms with Gasteiger partial charge in [0.05, 0.1) is 17.7 Å². The molecule has 2 aromatic rings. The Morgan fingerprint density at radius 3 is 2.72 bits per heavy atom. The fourth-order valence-electron chi connectivity index (χ4n) is 2.39. The van der Waals surface area contributed by atoms with Crippen molar-refractivity contribution in [3.63, 3.8) is 0 Å². The van der Waals surface area contributed by atoms with Gasteiger partial charge in [0, 0.05) is 19.7 Å². The maximum atomic E-state index is 11.9. The molecule has 0 spiro atoms. The number of guanidine groups is 1. The highest BCUT2D eigenvalue weighted by atomic mass is 127. The van der Waals surface area contributed by atoms with Gasteiger partial charge in [-0.25, -0.2) is 18.1 Å². The molecule has 162 valence electrons. The molecule has 1 aromatic carbocycles. The Hall–Kier alpha value is -1.63. The summed E-state index contributed by atoms with van der Waals surface area (Å²) in [6, 6.07) is 10.5. The highest BCUT2D eigenvalue weighted by molar-refractivity contribution is 14.0. The standard InChI is InChI=1S/C19H28N4O4S.HI/c1-3-21-19(22-10-6-11-26-15-17-8-5-12-27-17)23-14-16-7-4-9-18(13-16)28(24,25)20-2;/h4-5,7-9,12-13,20H,3,6,10-11,14-15H2,1-2H3,(H2,21,22,23);1H. The molecular formula is C19H29IN4O4S. The van der Waals surface area contributed by atoms with Gasteiger partial charge in [-0.3, -0.25) is 0 Å². The zero-order chi connectivity index (χ0) is 20.2. The Kier molecular flexibility index (Phi) is 11.9. The Morgan fingerprint density at radius 1 is 1.21 bits per heavy atom. The number of nitrogens with zero attached hydrogens (tertiary/aromatic N) is 1. The summed E-state index contributed by atoms with van der Waals surface area (Å²) in [5.74, 6) is 1.49. The smallest absolute Gasteiger partial charge is 0.240 e. The lowest BCUT2D eigenvalue weighted by Gasteiger charge is -2.11. The first-order valence-corrected chi connectivity index (χ1v) is 10.7. The van der Waals surface area contributed by atoms with E-state index in [1.807, 2.05) is 25.1 Å². The van der Waals surface area contributed by atoms with Crippen LogP contribution in [0.2, 0.25) is 0 Å². The van der Waals surface area contributed by atoms with Crippen LogP contribution >= 0.6 is 24.0 Å². The van der Waals surface area contributed by atoms with Crippen molar-refractivity contribution < 1.29 is 17.6 Å². The monoisotopic (exact) mass is 536 g/mol. The van der Waals surface area contributed by atoms with Gasteiger partial charge in [0.2, 0.25) is 10.0 Å². The number of nitrogens with one attached hydrogen (secondary N) is 3. The summed E-state index contributed by atoms with van der Waals surface area (Å²) in [6.07, 6.45) is 2.45. The predicted molar refractivity (Wildman–Crippen MR) is 124 cm³/mol. The SMILES string of the molecule is CCNC(=NCc1cccc(S(=O)(=O)NC)c1)NCCCOCc1ccco1.I. The van der Waals surface area contributed by atoms with Crippen LogP contribution in [0.4, 0.5) is 0 Å². The maximum absolute atomic E-state index is 11.9. The minimum Gasteiger partial charge on any atom is -0.467 e. The van der Waals surface area contributed by atoms with E-state index < -0.39 is 10.0 Å². The van der Waals surface area contributed by atoms with Gasteiger partial charge in [0.25, 0.3) is 0 Å². The van der Waals surface area contributed by atoms with Crippen molar-refractivity contribution in [2.24, 2.45) is 4.99 Å². The van der Waals surface area contributed by atoms with Crippen LogP contribution in [0, 0.1) is 0 Å². The van der Waals surface area contributed by atoms with Crippen LogP contribution < -0.4 is 15.4 Å². The summed E-state index contributed by atoms with van der Waals surface area (Å²) >= 11 is 0. The van der Waals surface area contributed by atoms with E-state index >= 15 is 0 Å². The molecule has 1 aromatic heterocycles. The van der Waals surface area contributed by atoms with Gasteiger partial charge in [-0.15, -0.1) is 24.0 Å². The molecule has 0 aliphatic rings. The van der Waals surface area contributed by atoms with Gasteiger partial charge < -0.3 is 19.8 Å². The molecule has 10 heteroatoms. The highest BCUT2D eigenvalue weighted by Gasteiger charge is 2.11. The topological polar surface area (TPSA) is 105 Å². The third-order valence-corrected chi connectivity index (χ3v) is 5.24. The number of benzene rings is 1. The molecule has 0 aliphatic heterocycles. The first kappa shape index (κ1) is 25.4. The van der Waals surface area contributed by atoms with Crippen LogP contribution in [0.25, 0.3) is 0 Å². The Labute approximate surface area is 189 Å². The molecule has 0 saturated carbocycles. The summed E-state index contributed by atoms with van der Waals surface area (Å²) in [6.45, 7) is 4.87. The number of furan rings is 1. The van der Waals surface area contributed by atoms with E-state index in [4.69, 9.17) is 9.15 Å². The maximum Gasteiger partial charge on any atom is 0.240 e. The normalized spacial score (nSPS) is 11.7. The van der Waals surface area contributed by atoms with Crippen LogP contribution in [-0.2, 0) is 27.9 Å². The lowest BCUT2D eigenvalue weighted by Crippen LogP contribution is -2.38. The number of hydrogen-bond donors (Lipinski definition) is 3. The van der Waals surface area contributed by atoms with Gasteiger partial charge in [0.15, 0.2) is 5.96 Å². The molecule has 0 aliphatic carbocycles. The van der Waals surface area contributed by atoms with E-state index in [1.165, 1.54) is 7.05 Å². The van der Waals surface area contributed by atoms with Crippen molar-refractivity contribution in [1.29, 1.82) is 0 Å². The molecule has 1 heterocycles. The van der Waals surface area contributed by atoms with E-state index in [2.05, 4.69) is 20.3 Å². The molecule has 0 atom stereocenters. The third kappa shape index (κ3) is 9.15. The van der Waals surface area contributed by atoms with Gasteiger partial charge in [-0.2, -0.15) is 0 Å². The Morgan fingerprint density at radius 2 is 2.03 bits per heavy atom. The van der Waals surface area contributed by atoms with E-state index in [0.29, 0.717) is 32.3 Å². The lowest BCUT2D eigenvalue weighted by atomic mass is 10.2. The largest absolute Gasteiger partial charge is 0.467 e. The van der Waals surface area contributed by atoms with Gasteiger partial charge in [-0.05, 0) is 50.2 Å². The molecule has 3 N–H and O–H groups in total. The first-order valence-electron chi connectivity index (χ1n) is 9.20. The number of hydrogen-bond acceptors (Lipinski definition) is 5. The molecular weight excluding hydrogens is 507 g/mol. The van der Waals surface area contributed by atoms with E-state index in [9.17, 15) is 8.42 Å².